The van der Waals surface area contributed by atoms with Gasteiger partial charge in [-0.15, -0.1) is 6.58 Å². The van der Waals surface area contributed by atoms with Crippen molar-refractivity contribution in [3.8, 4) is 0 Å². The summed E-state index contributed by atoms with van der Waals surface area (Å²) in [4.78, 5) is 0. The number of hydrogen-bond donors (Lipinski definition) is 0. The van der Waals surface area contributed by atoms with Crippen LogP contribution in [0, 0.1) is 23.7 Å². The standard InChI is InChI=1S/C19H34.C4H10.C3H6.2C2H6/c1-7-8-14(2)11-16(4)17(5)13-18(6)19-10-9-15(3)12-19;1-3-4-2;1-3-2;2*1-2/h9,14,17-19H,4,7-8,10-13H2,1-3,5-6H3;3-4H2,1-2H3;3H,1H2,2H3;2*1-2H3. The van der Waals surface area contributed by atoms with Gasteiger partial charge in [-0.05, 0) is 63.2 Å². The maximum absolute atomic E-state index is 4.36. The van der Waals surface area contributed by atoms with E-state index in [0.717, 1.165) is 17.8 Å². The molecule has 0 saturated heterocycles. The largest absolute Gasteiger partial charge is 0.103 e. The maximum Gasteiger partial charge on any atom is -0.0232 e. The Morgan fingerprint density at radius 2 is 1.50 bits per heavy atom. The first-order valence-electron chi connectivity index (χ1n) is 13.2. The molecule has 1 rings (SSSR count). The molecule has 4 unspecified atom stereocenters. The average molecular weight is 423 g/mol. The van der Waals surface area contributed by atoms with E-state index in [4.69, 9.17) is 0 Å². The van der Waals surface area contributed by atoms with Crippen LogP contribution in [0.15, 0.2) is 36.5 Å². The predicted octanol–water partition coefficient (Wildman–Crippen LogP) is 11.4. The molecule has 0 heterocycles. The fourth-order valence-corrected chi connectivity index (χ4v) is 3.53. The Balaban J connectivity index is -0.000000258. The molecule has 0 heteroatoms. The van der Waals surface area contributed by atoms with Crippen LogP contribution in [0.5, 0.6) is 0 Å². The van der Waals surface area contributed by atoms with Crippen LogP contribution >= 0.6 is 0 Å². The monoisotopic (exact) mass is 422 g/mol. The third-order valence-corrected chi connectivity index (χ3v) is 5.47. The van der Waals surface area contributed by atoms with E-state index in [-0.39, 0.29) is 0 Å². The van der Waals surface area contributed by atoms with Crippen molar-refractivity contribution in [1.82, 2.24) is 0 Å². The average Bonchev–Trinajstić information content (AvgIpc) is 3.18. The van der Waals surface area contributed by atoms with Crippen LogP contribution in [0.4, 0.5) is 0 Å². The van der Waals surface area contributed by atoms with Gasteiger partial charge in [0, 0.05) is 0 Å². The van der Waals surface area contributed by atoms with Crippen LogP contribution in [0.3, 0.4) is 0 Å². The van der Waals surface area contributed by atoms with Gasteiger partial charge in [0.1, 0.15) is 0 Å². The van der Waals surface area contributed by atoms with Crippen LogP contribution in [0.25, 0.3) is 0 Å². The molecule has 0 aliphatic heterocycles. The molecular weight excluding hydrogens is 360 g/mol. The highest BCUT2D eigenvalue weighted by molar-refractivity contribution is 5.08. The molecule has 0 spiro atoms. The molecule has 0 N–H and O–H groups in total. The van der Waals surface area contributed by atoms with Crippen LogP contribution in [-0.2, 0) is 0 Å². The molecule has 0 bridgehead atoms. The van der Waals surface area contributed by atoms with Gasteiger partial charge in [0.25, 0.3) is 0 Å². The minimum absolute atomic E-state index is 0.690. The van der Waals surface area contributed by atoms with Crippen molar-refractivity contribution in [1.29, 1.82) is 0 Å². The number of allylic oxidation sites excluding steroid dienone is 4. The van der Waals surface area contributed by atoms with E-state index in [0.29, 0.717) is 5.92 Å². The van der Waals surface area contributed by atoms with Crippen molar-refractivity contribution in [2.45, 2.75) is 134 Å². The third-order valence-electron chi connectivity index (χ3n) is 5.47. The van der Waals surface area contributed by atoms with Gasteiger partial charge < -0.3 is 0 Å². The van der Waals surface area contributed by atoms with E-state index in [2.05, 4.69) is 67.7 Å². The highest BCUT2D eigenvalue weighted by atomic mass is 14.3. The third kappa shape index (κ3) is 23.5. The van der Waals surface area contributed by atoms with Gasteiger partial charge in [-0.1, -0.05) is 125 Å². The van der Waals surface area contributed by atoms with E-state index in [1.165, 1.54) is 56.9 Å². The lowest BCUT2D eigenvalue weighted by atomic mass is 9.80. The Kier molecular flexibility index (Phi) is 34.4. The van der Waals surface area contributed by atoms with Crippen LogP contribution < -0.4 is 0 Å². The first-order valence-corrected chi connectivity index (χ1v) is 13.2. The molecule has 4 atom stereocenters. The fraction of sp³-hybridized carbons (Fsp3) is 0.800. The normalized spacial score (nSPS) is 16.9. The second-order valence-corrected chi connectivity index (χ2v) is 8.53. The molecule has 0 fully saturated rings. The lowest BCUT2D eigenvalue weighted by Gasteiger charge is -2.25. The first-order chi connectivity index (χ1) is 14.3. The van der Waals surface area contributed by atoms with E-state index >= 15 is 0 Å². The summed E-state index contributed by atoms with van der Waals surface area (Å²) in [5, 5.41) is 0. The molecule has 0 radical (unpaired) electrons. The molecule has 0 saturated carbocycles. The molecule has 0 amide bonds. The zero-order valence-corrected chi connectivity index (χ0v) is 23.5. The van der Waals surface area contributed by atoms with Crippen LogP contribution in [0.2, 0.25) is 0 Å². The Bertz CT molecular complexity index is 371. The molecule has 1 aliphatic rings. The molecule has 182 valence electrons. The molecule has 0 aromatic carbocycles. The molecule has 0 nitrogen and oxygen atoms in total. The van der Waals surface area contributed by atoms with Crippen molar-refractivity contribution in [2.24, 2.45) is 23.7 Å². The first kappa shape index (κ1) is 36.6. The zero-order chi connectivity index (χ0) is 24.5. The lowest BCUT2D eigenvalue weighted by Crippen LogP contribution is -2.14. The van der Waals surface area contributed by atoms with E-state index in [9.17, 15) is 0 Å². The van der Waals surface area contributed by atoms with Crippen molar-refractivity contribution < 1.29 is 0 Å². The van der Waals surface area contributed by atoms with Crippen molar-refractivity contribution in [3.63, 3.8) is 0 Å². The number of hydrogen-bond acceptors (Lipinski definition) is 0. The zero-order valence-electron chi connectivity index (χ0n) is 23.5. The summed E-state index contributed by atoms with van der Waals surface area (Å²) in [6.07, 6.45) is 14.6. The molecule has 1 aliphatic carbocycles. The summed E-state index contributed by atoms with van der Waals surface area (Å²) < 4.78 is 0. The summed E-state index contributed by atoms with van der Waals surface area (Å²) in [7, 11) is 0. The smallest absolute Gasteiger partial charge is 0.0232 e. The summed E-state index contributed by atoms with van der Waals surface area (Å²) in [6, 6.07) is 0. The molecular formula is C30H62. The lowest BCUT2D eigenvalue weighted by molar-refractivity contribution is 0.315. The Morgan fingerprint density at radius 1 is 1.03 bits per heavy atom. The summed E-state index contributed by atoms with van der Waals surface area (Å²) >= 11 is 0. The SMILES string of the molecule is C=C(CC(C)CCC)C(C)CC(C)C1CC=C(C)C1.C=CC.CC.CC.CCCC. The highest BCUT2D eigenvalue weighted by Gasteiger charge is 2.23. The fourth-order valence-electron chi connectivity index (χ4n) is 3.53. The predicted molar refractivity (Wildman–Crippen MR) is 146 cm³/mol. The minimum Gasteiger partial charge on any atom is -0.103 e. The van der Waals surface area contributed by atoms with Crippen LogP contribution in [-0.4, -0.2) is 0 Å². The Morgan fingerprint density at radius 3 is 1.83 bits per heavy atom. The topological polar surface area (TPSA) is 0 Å². The second-order valence-electron chi connectivity index (χ2n) is 8.53. The second kappa shape index (κ2) is 28.2. The number of rotatable bonds is 9. The minimum atomic E-state index is 0.690. The Hall–Kier alpha value is -0.780. The van der Waals surface area contributed by atoms with E-state index in [1.807, 2.05) is 34.6 Å². The van der Waals surface area contributed by atoms with Crippen molar-refractivity contribution in [3.05, 3.63) is 36.5 Å². The van der Waals surface area contributed by atoms with Crippen molar-refractivity contribution >= 4 is 0 Å². The molecule has 0 aromatic heterocycles. The molecule has 30 heavy (non-hydrogen) atoms. The van der Waals surface area contributed by atoms with E-state index < -0.39 is 0 Å². The Labute approximate surface area is 194 Å². The van der Waals surface area contributed by atoms with Gasteiger partial charge in [0.2, 0.25) is 0 Å². The van der Waals surface area contributed by atoms with Gasteiger partial charge >= 0.3 is 0 Å². The van der Waals surface area contributed by atoms with Gasteiger partial charge in [-0.2, -0.15) is 0 Å². The van der Waals surface area contributed by atoms with E-state index in [1.54, 1.807) is 11.6 Å². The summed E-state index contributed by atoms with van der Waals surface area (Å²) in [5.74, 6) is 3.23. The maximum atomic E-state index is 4.36. The van der Waals surface area contributed by atoms with Crippen molar-refractivity contribution in [2.75, 3.05) is 0 Å². The van der Waals surface area contributed by atoms with Gasteiger partial charge in [0.05, 0.1) is 0 Å². The highest BCUT2D eigenvalue weighted by Crippen LogP contribution is 2.35. The van der Waals surface area contributed by atoms with Gasteiger partial charge in [-0.3, -0.25) is 0 Å². The molecule has 0 aromatic rings. The van der Waals surface area contributed by atoms with Crippen LogP contribution in [0.1, 0.15) is 134 Å². The van der Waals surface area contributed by atoms with Gasteiger partial charge in [-0.25, -0.2) is 0 Å². The van der Waals surface area contributed by atoms with Gasteiger partial charge in [0.15, 0.2) is 0 Å². The summed E-state index contributed by atoms with van der Waals surface area (Å²) in [6.45, 7) is 33.7. The quantitative estimate of drug-likeness (QED) is 0.324. The summed E-state index contributed by atoms with van der Waals surface area (Å²) in [5.41, 5.74) is 3.08. The number of unbranched alkanes of at least 4 members (excludes halogenated alkanes) is 1.